The van der Waals surface area contributed by atoms with Gasteiger partial charge in [-0.3, -0.25) is 0 Å². The Balaban J connectivity index is 0.00000150. The topological polar surface area (TPSA) is 0 Å². The molecular weight excluding hydrogens is 474 g/mol. The van der Waals surface area contributed by atoms with Gasteiger partial charge in [0.25, 0.3) is 0 Å². The third kappa shape index (κ3) is 5.44. The van der Waals surface area contributed by atoms with Crippen LogP contribution in [0.25, 0.3) is 0 Å². The zero-order chi connectivity index (χ0) is 19.2. The second-order valence-corrected chi connectivity index (χ2v) is 16.7. The molecule has 0 aromatic carbocycles. The quantitative estimate of drug-likeness (QED) is 0.543. The smallest absolute Gasteiger partial charge is 1.00 e. The Kier molecular flexibility index (Phi) is 8.42. The van der Waals surface area contributed by atoms with Gasteiger partial charge in [-0.15, -0.1) is 0 Å². The molecule has 4 aliphatic carbocycles. The molecule has 2 saturated carbocycles. The summed E-state index contributed by atoms with van der Waals surface area (Å²) in [6.07, 6.45) is 29.7. The third-order valence-electron chi connectivity index (χ3n) is 7.98. The molecule has 4 rings (SSSR count). The zero-order valence-corrected chi connectivity index (χ0v) is 22.8. The number of rotatable bonds is 4. The summed E-state index contributed by atoms with van der Waals surface area (Å²) in [6.45, 7) is 10.1. The molecule has 3 heteroatoms. The van der Waals surface area contributed by atoms with Crippen LogP contribution in [0.3, 0.4) is 0 Å². The van der Waals surface area contributed by atoms with Crippen molar-refractivity contribution >= 4 is 0 Å². The van der Waals surface area contributed by atoms with Gasteiger partial charge in [0, 0.05) is 0 Å². The van der Waals surface area contributed by atoms with Gasteiger partial charge >= 0.3 is 180 Å². The van der Waals surface area contributed by atoms with E-state index in [1.165, 1.54) is 64.2 Å². The van der Waals surface area contributed by atoms with Crippen LogP contribution in [-0.2, 0) is 23.2 Å². The van der Waals surface area contributed by atoms with Crippen molar-refractivity contribution in [1.82, 2.24) is 0 Å². The van der Waals surface area contributed by atoms with E-state index < -0.39 is 23.2 Å². The van der Waals surface area contributed by atoms with E-state index in [0.29, 0.717) is 17.1 Å². The molecule has 0 amide bonds. The summed E-state index contributed by atoms with van der Waals surface area (Å²) in [5, 5.41) is 0. The monoisotopic (exact) mass is 510 g/mol. The standard InChI is InChI=1S/2C13H19.2ClH.Zr/c2*1-11-6-7-12(10-11)13(2)8-4-3-5-9-13;;;/h2*6-7,10H,3-5,8-9H2,1-2H3;2*1H;/q;;;;+2/p-2. The molecule has 0 bridgehead atoms. The number of hydrogen-bond acceptors (Lipinski definition) is 0. The number of allylic oxidation sites excluding steroid dienone is 8. The van der Waals surface area contributed by atoms with Gasteiger partial charge in [0.1, 0.15) is 0 Å². The molecule has 2 fully saturated rings. The average molecular weight is 513 g/mol. The number of halogens is 2. The van der Waals surface area contributed by atoms with Crippen molar-refractivity contribution in [3.8, 4) is 0 Å². The molecule has 0 radical (unpaired) electrons. The molecule has 0 saturated heterocycles. The van der Waals surface area contributed by atoms with Gasteiger partial charge in [-0.25, -0.2) is 0 Å². The first-order valence-corrected chi connectivity index (χ1v) is 13.8. The van der Waals surface area contributed by atoms with Crippen molar-refractivity contribution < 1.29 is 48.0 Å². The molecule has 0 heterocycles. The van der Waals surface area contributed by atoms with Crippen LogP contribution in [0, 0.1) is 10.8 Å². The minimum atomic E-state index is -0.687. The second-order valence-electron chi connectivity index (χ2n) is 10.8. The van der Waals surface area contributed by atoms with Crippen molar-refractivity contribution in [2.75, 3.05) is 0 Å². The maximum Gasteiger partial charge on any atom is -1.00 e. The Labute approximate surface area is 203 Å². The van der Waals surface area contributed by atoms with Crippen molar-refractivity contribution in [1.29, 1.82) is 0 Å². The first-order chi connectivity index (χ1) is 12.7. The summed E-state index contributed by atoms with van der Waals surface area (Å²) in [5.41, 5.74) is 4.24. The summed E-state index contributed by atoms with van der Waals surface area (Å²) in [5.74, 6) is 0. The maximum atomic E-state index is 2.71. The molecule has 0 N–H and O–H groups in total. The second kappa shape index (κ2) is 9.50. The molecular formula is C26H38Cl2Zr. The fourth-order valence-electron chi connectivity index (χ4n) is 6.09. The van der Waals surface area contributed by atoms with Gasteiger partial charge in [0.2, 0.25) is 0 Å². The van der Waals surface area contributed by atoms with E-state index in [1.54, 1.807) is 11.1 Å². The van der Waals surface area contributed by atoms with Gasteiger partial charge in [-0.2, -0.15) is 0 Å². The van der Waals surface area contributed by atoms with E-state index in [-0.39, 0.29) is 24.8 Å². The van der Waals surface area contributed by atoms with E-state index >= 15 is 0 Å². The van der Waals surface area contributed by atoms with Crippen LogP contribution in [0.15, 0.2) is 47.6 Å². The van der Waals surface area contributed by atoms with Crippen LogP contribution in [-0.4, -0.2) is 0 Å². The minimum absolute atomic E-state index is 0. The molecule has 0 spiro atoms. The summed E-state index contributed by atoms with van der Waals surface area (Å²) in [6, 6.07) is 0. The van der Waals surface area contributed by atoms with Crippen LogP contribution in [0.2, 0.25) is 6.25 Å². The van der Waals surface area contributed by atoms with Crippen molar-refractivity contribution in [3.63, 3.8) is 0 Å². The minimum Gasteiger partial charge on any atom is -1.00 e. The Morgan fingerprint density at radius 1 is 0.586 bits per heavy atom. The van der Waals surface area contributed by atoms with Gasteiger partial charge in [0.05, 0.1) is 0 Å². The van der Waals surface area contributed by atoms with Crippen LogP contribution in [0.4, 0.5) is 0 Å². The van der Waals surface area contributed by atoms with E-state index in [1.807, 2.05) is 0 Å². The van der Waals surface area contributed by atoms with Crippen molar-refractivity contribution in [2.45, 2.75) is 98.1 Å². The molecule has 29 heavy (non-hydrogen) atoms. The molecule has 4 aliphatic rings. The van der Waals surface area contributed by atoms with Crippen molar-refractivity contribution in [2.24, 2.45) is 10.8 Å². The predicted octanol–water partition coefficient (Wildman–Crippen LogP) is 2.37. The van der Waals surface area contributed by atoms with E-state index in [9.17, 15) is 0 Å². The van der Waals surface area contributed by atoms with Gasteiger partial charge < -0.3 is 24.8 Å². The summed E-state index contributed by atoms with van der Waals surface area (Å²) < 4.78 is 0.745. The fraction of sp³-hybridized carbons (Fsp3) is 0.692. The Morgan fingerprint density at radius 3 is 1.28 bits per heavy atom. The summed E-state index contributed by atoms with van der Waals surface area (Å²) >= 11 is -0.687. The van der Waals surface area contributed by atoms with Crippen molar-refractivity contribution in [3.05, 3.63) is 47.6 Å². The fourth-order valence-corrected chi connectivity index (χ4v) is 10.9. The average Bonchev–Trinajstić information content (AvgIpc) is 3.20. The molecule has 160 valence electrons. The van der Waals surface area contributed by atoms with Gasteiger partial charge in [-0.05, 0) is 0 Å². The summed E-state index contributed by atoms with van der Waals surface area (Å²) in [4.78, 5) is 0. The largest absolute Gasteiger partial charge is 1.00 e. The summed E-state index contributed by atoms with van der Waals surface area (Å²) in [7, 11) is 0. The van der Waals surface area contributed by atoms with Crippen LogP contribution < -0.4 is 24.8 Å². The molecule has 2 unspecified atom stereocenters. The maximum absolute atomic E-state index is 2.71. The first-order valence-electron chi connectivity index (χ1n) is 11.4. The van der Waals surface area contributed by atoms with Gasteiger partial charge in [0.15, 0.2) is 0 Å². The zero-order valence-electron chi connectivity index (χ0n) is 18.8. The molecule has 0 aliphatic heterocycles. The van der Waals surface area contributed by atoms with Crippen LogP contribution in [0.1, 0.15) is 91.9 Å². The third-order valence-corrected chi connectivity index (χ3v) is 12.2. The normalized spacial score (nSPS) is 34.5. The van der Waals surface area contributed by atoms with E-state index in [0.717, 1.165) is 0 Å². The predicted molar refractivity (Wildman–Crippen MR) is 114 cm³/mol. The Morgan fingerprint density at radius 2 is 0.931 bits per heavy atom. The molecule has 2 atom stereocenters. The SMILES string of the molecule is C[C]1([Zr+2][C]2(C)C=CC(C3(C)CCCCC3)=C2)C=CC(C2(C)CCCCC2)=C1.[Cl-].[Cl-]. The Hall–Kier alpha value is 0.423. The van der Waals surface area contributed by atoms with Crippen LogP contribution >= 0.6 is 0 Å². The Bertz CT molecular complexity index is 644. The van der Waals surface area contributed by atoms with Gasteiger partial charge in [-0.1, -0.05) is 0 Å². The number of hydrogen-bond donors (Lipinski definition) is 0. The van der Waals surface area contributed by atoms with Crippen LogP contribution in [0.5, 0.6) is 0 Å². The molecule has 0 aromatic heterocycles. The van der Waals surface area contributed by atoms with E-state index in [4.69, 9.17) is 0 Å². The first kappa shape index (κ1) is 25.7. The molecule has 0 aromatic rings. The van der Waals surface area contributed by atoms with E-state index in [2.05, 4.69) is 64.2 Å². The molecule has 0 nitrogen and oxygen atoms in total.